The predicted molar refractivity (Wildman–Crippen MR) is 71.7 cm³/mol. The molecule has 1 aliphatic heterocycles. The monoisotopic (exact) mass is 268 g/mol. The summed E-state index contributed by atoms with van der Waals surface area (Å²) < 4.78 is 38.9. The molecule has 2 nitrogen and oxygen atoms in total. The Labute approximate surface area is 113 Å². The molecule has 0 amide bonds. The van der Waals surface area contributed by atoms with Crippen LogP contribution in [0.2, 0.25) is 0 Å². The van der Waals surface area contributed by atoms with Gasteiger partial charge in [0.25, 0.3) is 5.92 Å². The van der Waals surface area contributed by atoms with Gasteiger partial charge < -0.3 is 9.31 Å². The van der Waals surface area contributed by atoms with Crippen LogP contribution in [-0.2, 0) is 15.2 Å². The Balaban J connectivity index is 2.41. The highest BCUT2D eigenvalue weighted by atomic mass is 19.3. The Kier molecular flexibility index (Phi) is 3.26. The zero-order valence-corrected chi connectivity index (χ0v) is 12.0. The second-order valence-electron chi connectivity index (χ2n) is 6.06. The Hall–Kier alpha value is -0.935. The lowest BCUT2D eigenvalue weighted by atomic mass is 9.75. The fourth-order valence-corrected chi connectivity index (χ4v) is 2.07. The quantitative estimate of drug-likeness (QED) is 0.767. The zero-order chi connectivity index (χ0) is 14.5. The molecule has 0 atom stereocenters. The minimum absolute atomic E-state index is 0.0477. The third-order valence-electron chi connectivity index (χ3n) is 3.94. The second kappa shape index (κ2) is 4.28. The number of rotatable bonds is 2. The van der Waals surface area contributed by atoms with Crippen LogP contribution in [0.4, 0.5) is 8.78 Å². The summed E-state index contributed by atoms with van der Waals surface area (Å²) in [5.74, 6) is -2.92. The van der Waals surface area contributed by atoms with Crippen LogP contribution in [0.15, 0.2) is 24.3 Å². The fraction of sp³-hybridized carbons (Fsp3) is 0.571. The van der Waals surface area contributed by atoms with Gasteiger partial charge in [-0.2, -0.15) is 0 Å². The first-order valence-corrected chi connectivity index (χ1v) is 6.37. The van der Waals surface area contributed by atoms with Gasteiger partial charge in [-0.15, -0.1) is 0 Å². The van der Waals surface area contributed by atoms with Crippen molar-refractivity contribution in [1.29, 1.82) is 0 Å². The van der Waals surface area contributed by atoms with E-state index in [1.807, 2.05) is 27.7 Å². The Bertz CT molecular complexity index is 465. The van der Waals surface area contributed by atoms with Gasteiger partial charge in [0, 0.05) is 12.5 Å². The minimum atomic E-state index is -2.92. The van der Waals surface area contributed by atoms with E-state index in [1.54, 1.807) is 18.2 Å². The van der Waals surface area contributed by atoms with E-state index in [9.17, 15) is 8.78 Å². The van der Waals surface area contributed by atoms with E-state index < -0.39 is 24.2 Å². The van der Waals surface area contributed by atoms with Crippen LogP contribution in [0, 0.1) is 0 Å². The topological polar surface area (TPSA) is 18.5 Å². The number of benzene rings is 1. The van der Waals surface area contributed by atoms with Crippen LogP contribution in [0.3, 0.4) is 0 Å². The molecule has 104 valence electrons. The van der Waals surface area contributed by atoms with Crippen molar-refractivity contribution in [2.75, 3.05) is 0 Å². The highest BCUT2D eigenvalue weighted by Gasteiger charge is 2.53. The summed E-state index contributed by atoms with van der Waals surface area (Å²) in [7, 11) is -0.757. The molecule has 5 heteroatoms. The molecule has 1 aromatic rings. The molecule has 19 heavy (non-hydrogen) atoms. The second-order valence-corrected chi connectivity index (χ2v) is 6.06. The van der Waals surface area contributed by atoms with Gasteiger partial charge in [0.2, 0.25) is 0 Å². The first-order chi connectivity index (χ1) is 8.55. The minimum Gasteiger partial charge on any atom is -0.399 e. The third kappa shape index (κ3) is 2.54. The third-order valence-corrected chi connectivity index (χ3v) is 3.94. The van der Waals surface area contributed by atoms with E-state index in [0.29, 0.717) is 5.46 Å². The molecular weight excluding hydrogens is 249 g/mol. The number of halogens is 2. The molecule has 0 saturated carbocycles. The van der Waals surface area contributed by atoms with E-state index >= 15 is 0 Å². The van der Waals surface area contributed by atoms with E-state index in [4.69, 9.17) is 9.31 Å². The average Bonchev–Trinajstić information content (AvgIpc) is 2.47. The van der Waals surface area contributed by atoms with Crippen molar-refractivity contribution >= 4 is 12.6 Å². The van der Waals surface area contributed by atoms with E-state index in [0.717, 1.165) is 6.92 Å². The van der Waals surface area contributed by atoms with Crippen molar-refractivity contribution in [3.63, 3.8) is 0 Å². The Morgan fingerprint density at radius 1 is 1.00 bits per heavy atom. The largest absolute Gasteiger partial charge is 0.495 e. The van der Waals surface area contributed by atoms with Crippen LogP contribution < -0.4 is 5.46 Å². The summed E-state index contributed by atoms with van der Waals surface area (Å²) in [5.41, 5.74) is -0.719. The number of hydrogen-bond donors (Lipinski definition) is 0. The maximum Gasteiger partial charge on any atom is 0.495 e. The van der Waals surface area contributed by atoms with Gasteiger partial charge in [-0.05, 0) is 33.2 Å². The van der Waals surface area contributed by atoms with Gasteiger partial charge in [-0.1, -0.05) is 24.3 Å². The molecule has 0 radical (unpaired) electrons. The normalized spacial score (nSPS) is 21.7. The van der Waals surface area contributed by atoms with Crippen molar-refractivity contribution in [3.8, 4) is 0 Å². The van der Waals surface area contributed by atoms with Crippen molar-refractivity contribution in [2.24, 2.45) is 0 Å². The molecule has 1 saturated heterocycles. The number of alkyl halides is 2. The first kappa shape index (κ1) is 14.5. The van der Waals surface area contributed by atoms with Gasteiger partial charge in [0.15, 0.2) is 0 Å². The van der Waals surface area contributed by atoms with Crippen LogP contribution in [-0.4, -0.2) is 18.3 Å². The van der Waals surface area contributed by atoms with E-state index in [-0.39, 0.29) is 5.56 Å². The molecule has 1 aliphatic rings. The highest BCUT2D eigenvalue weighted by molar-refractivity contribution is 6.62. The summed E-state index contributed by atoms with van der Waals surface area (Å²) in [6, 6.07) is 6.37. The van der Waals surface area contributed by atoms with Gasteiger partial charge in [-0.3, -0.25) is 0 Å². The SMILES string of the molecule is CC(F)(F)c1ccccc1B1OC(C)(C)C(C)(C)O1. The van der Waals surface area contributed by atoms with Gasteiger partial charge in [0.05, 0.1) is 11.2 Å². The number of hydrogen-bond acceptors (Lipinski definition) is 2. The summed E-state index contributed by atoms with van der Waals surface area (Å²) in [6.07, 6.45) is 0. The van der Waals surface area contributed by atoms with Gasteiger partial charge in [0.1, 0.15) is 0 Å². The fourth-order valence-electron chi connectivity index (χ4n) is 2.07. The molecule has 0 aliphatic carbocycles. The lowest BCUT2D eigenvalue weighted by Gasteiger charge is -2.32. The Morgan fingerprint density at radius 3 is 1.95 bits per heavy atom. The highest BCUT2D eigenvalue weighted by Crippen LogP contribution is 2.37. The predicted octanol–water partition coefficient (Wildman–Crippen LogP) is 3.10. The van der Waals surface area contributed by atoms with Crippen LogP contribution in [0.25, 0.3) is 0 Å². The molecule has 1 fully saturated rings. The summed E-state index contributed by atoms with van der Waals surface area (Å²) >= 11 is 0. The summed E-state index contributed by atoms with van der Waals surface area (Å²) in [6.45, 7) is 8.50. The summed E-state index contributed by atoms with van der Waals surface area (Å²) in [5, 5.41) is 0. The molecule has 1 aromatic carbocycles. The van der Waals surface area contributed by atoms with Gasteiger partial charge in [-0.25, -0.2) is 8.78 Å². The lowest BCUT2D eigenvalue weighted by molar-refractivity contribution is 0.00578. The zero-order valence-electron chi connectivity index (χ0n) is 12.0. The van der Waals surface area contributed by atoms with Crippen LogP contribution in [0.1, 0.15) is 40.2 Å². The standard InChI is InChI=1S/C14H19BF2O2/c1-12(2)13(3,4)19-15(18-12)11-9-7-6-8-10(11)14(5,16)17/h6-9H,1-5H3. The smallest absolute Gasteiger partial charge is 0.399 e. The van der Waals surface area contributed by atoms with Crippen LogP contribution in [0.5, 0.6) is 0 Å². The van der Waals surface area contributed by atoms with E-state index in [2.05, 4.69) is 0 Å². The van der Waals surface area contributed by atoms with Gasteiger partial charge >= 0.3 is 7.12 Å². The lowest BCUT2D eigenvalue weighted by Crippen LogP contribution is -2.41. The van der Waals surface area contributed by atoms with E-state index in [1.165, 1.54) is 6.07 Å². The van der Waals surface area contributed by atoms with Crippen molar-refractivity contribution in [1.82, 2.24) is 0 Å². The molecule has 2 rings (SSSR count). The molecule has 0 spiro atoms. The maximum atomic E-state index is 13.6. The molecule has 0 bridgehead atoms. The van der Waals surface area contributed by atoms with Crippen molar-refractivity contribution in [2.45, 2.75) is 51.7 Å². The van der Waals surface area contributed by atoms with Crippen molar-refractivity contribution < 1.29 is 18.1 Å². The van der Waals surface area contributed by atoms with Crippen LogP contribution >= 0.6 is 0 Å². The molecular formula is C14H19BF2O2. The maximum absolute atomic E-state index is 13.6. The molecule has 0 unspecified atom stereocenters. The summed E-state index contributed by atoms with van der Waals surface area (Å²) in [4.78, 5) is 0. The molecule has 1 heterocycles. The molecule has 0 N–H and O–H groups in total. The van der Waals surface area contributed by atoms with Crippen molar-refractivity contribution in [3.05, 3.63) is 29.8 Å². The first-order valence-electron chi connectivity index (χ1n) is 6.37. The average molecular weight is 268 g/mol. The Morgan fingerprint density at radius 2 is 1.47 bits per heavy atom. The molecule has 0 aromatic heterocycles.